The third-order valence-corrected chi connectivity index (χ3v) is 4.84. The number of nitrogens with one attached hydrogen (secondary N) is 1. The zero-order chi connectivity index (χ0) is 17.6. The van der Waals surface area contributed by atoms with Crippen molar-refractivity contribution in [2.75, 3.05) is 0 Å². The van der Waals surface area contributed by atoms with E-state index in [-0.39, 0.29) is 11.8 Å². The molecule has 0 saturated heterocycles. The number of aryl methyl sites for hydroxylation is 1. The van der Waals surface area contributed by atoms with Gasteiger partial charge >= 0.3 is 6.03 Å². The van der Waals surface area contributed by atoms with Crippen molar-refractivity contribution in [1.29, 1.82) is 0 Å². The average Bonchev–Trinajstić information content (AvgIpc) is 3.26. The molecule has 1 N–H and O–H groups in total. The third kappa shape index (κ3) is 4.70. The molecule has 0 unspecified atom stereocenters. The molecule has 2 aromatic heterocycles. The van der Waals surface area contributed by atoms with Crippen molar-refractivity contribution in [2.24, 2.45) is 7.05 Å². The Morgan fingerprint density at radius 2 is 1.96 bits per heavy atom. The highest BCUT2D eigenvalue weighted by atomic mass is 32.1. The molecule has 2 amide bonds. The van der Waals surface area contributed by atoms with Crippen molar-refractivity contribution in [2.45, 2.75) is 19.6 Å². The maximum absolute atomic E-state index is 13.0. The summed E-state index contributed by atoms with van der Waals surface area (Å²) in [6.45, 7) is 1.45. The number of benzene rings is 1. The summed E-state index contributed by atoms with van der Waals surface area (Å²) in [5.74, 6) is -0.280. The molecule has 6 heteroatoms. The summed E-state index contributed by atoms with van der Waals surface area (Å²) in [6.07, 6.45) is 1.97. The van der Waals surface area contributed by atoms with Crippen molar-refractivity contribution in [3.05, 3.63) is 82.1 Å². The van der Waals surface area contributed by atoms with Crippen molar-refractivity contribution < 1.29 is 9.18 Å². The van der Waals surface area contributed by atoms with E-state index >= 15 is 0 Å². The molecular weight excluding hydrogens is 337 g/mol. The molecule has 0 aliphatic carbocycles. The van der Waals surface area contributed by atoms with Crippen LogP contribution in [0.4, 0.5) is 9.18 Å². The first-order chi connectivity index (χ1) is 12.1. The van der Waals surface area contributed by atoms with Crippen LogP contribution in [0.15, 0.2) is 60.1 Å². The van der Waals surface area contributed by atoms with E-state index < -0.39 is 0 Å². The molecule has 130 valence electrons. The number of thiophene rings is 1. The van der Waals surface area contributed by atoms with E-state index in [1.54, 1.807) is 28.4 Å². The number of hydrogen-bond donors (Lipinski definition) is 1. The summed E-state index contributed by atoms with van der Waals surface area (Å²) in [5.41, 5.74) is 1.93. The van der Waals surface area contributed by atoms with E-state index in [0.717, 1.165) is 16.1 Å². The molecule has 0 aliphatic heterocycles. The lowest BCUT2D eigenvalue weighted by Crippen LogP contribution is -2.39. The van der Waals surface area contributed by atoms with Gasteiger partial charge in [0.15, 0.2) is 0 Å². The summed E-state index contributed by atoms with van der Waals surface area (Å²) >= 11 is 1.63. The van der Waals surface area contributed by atoms with Gasteiger partial charge in [0, 0.05) is 30.4 Å². The highest BCUT2D eigenvalue weighted by molar-refractivity contribution is 7.09. The van der Waals surface area contributed by atoms with E-state index in [9.17, 15) is 9.18 Å². The minimum atomic E-state index is -0.280. The Hall–Kier alpha value is -2.60. The van der Waals surface area contributed by atoms with Gasteiger partial charge in [-0.15, -0.1) is 11.3 Å². The van der Waals surface area contributed by atoms with Crippen LogP contribution in [0, 0.1) is 5.82 Å². The lowest BCUT2D eigenvalue weighted by atomic mass is 10.2. The SMILES string of the molecule is Cn1cccc1CN(Cc1cccs1)C(=O)NCc1ccc(F)cc1. The quantitative estimate of drug-likeness (QED) is 0.707. The smallest absolute Gasteiger partial charge is 0.318 e. The van der Waals surface area contributed by atoms with Gasteiger partial charge in [-0.2, -0.15) is 0 Å². The summed E-state index contributed by atoms with van der Waals surface area (Å²) in [7, 11) is 1.97. The molecule has 25 heavy (non-hydrogen) atoms. The minimum Gasteiger partial charge on any atom is -0.353 e. The van der Waals surface area contributed by atoms with Crippen LogP contribution < -0.4 is 5.32 Å². The minimum absolute atomic E-state index is 0.140. The van der Waals surface area contributed by atoms with Crippen molar-refractivity contribution in [3.63, 3.8) is 0 Å². The third-order valence-electron chi connectivity index (χ3n) is 3.98. The van der Waals surface area contributed by atoms with Crippen LogP contribution in [0.25, 0.3) is 0 Å². The summed E-state index contributed by atoms with van der Waals surface area (Å²) in [5, 5.41) is 4.93. The zero-order valence-corrected chi connectivity index (χ0v) is 14.8. The molecule has 0 spiro atoms. The monoisotopic (exact) mass is 357 g/mol. The number of halogens is 1. The van der Waals surface area contributed by atoms with Crippen LogP contribution in [0.2, 0.25) is 0 Å². The predicted molar refractivity (Wildman–Crippen MR) is 97.6 cm³/mol. The van der Waals surface area contributed by atoms with Crippen LogP contribution in [0.3, 0.4) is 0 Å². The molecule has 0 atom stereocenters. The van der Waals surface area contributed by atoms with E-state index in [2.05, 4.69) is 5.32 Å². The fourth-order valence-electron chi connectivity index (χ4n) is 2.54. The fourth-order valence-corrected chi connectivity index (χ4v) is 3.26. The van der Waals surface area contributed by atoms with Gasteiger partial charge in [0.05, 0.1) is 13.1 Å². The first kappa shape index (κ1) is 17.2. The zero-order valence-electron chi connectivity index (χ0n) is 14.0. The standard InChI is InChI=1S/C19H20FN3OS/c1-22-10-2-4-17(22)13-23(14-18-5-3-11-25-18)19(24)21-12-15-6-8-16(20)9-7-15/h2-11H,12-14H2,1H3,(H,21,24). The first-order valence-electron chi connectivity index (χ1n) is 8.01. The Labute approximate surface area is 150 Å². The van der Waals surface area contributed by atoms with Crippen LogP contribution in [-0.4, -0.2) is 15.5 Å². The van der Waals surface area contributed by atoms with Crippen LogP contribution in [0.5, 0.6) is 0 Å². The van der Waals surface area contributed by atoms with Gasteiger partial charge in [-0.1, -0.05) is 18.2 Å². The Morgan fingerprint density at radius 3 is 2.60 bits per heavy atom. The van der Waals surface area contributed by atoms with Gasteiger partial charge in [0.25, 0.3) is 0 Å². The number of nitrogens with zero attached hydrogens (tertiary/aromatic N) is 2. The van der Waals surface area contributed by atoms with Gasteiger partial charge in [-0.3, -0.25) is 0 Å². The molecular formula is C19H20FN3OS. The fraction of sp³-hybridized carbons (Fsp3) is 0.211. The molecule has 0 aliphatic rings. The Bertz CT molecular complexity index is 812. The van der Waals surface area contributed by atoms with Gasteiger partial charge < -0.3 is 14.8 Å². The highest BCUT2D eigenvalue weighted by Crippen LogP contribution is 2.15. The van der Waals surface area contributed by atoms with Crippen LogP contribution in [0.1, 0.15) is 16.1 Å². The molecule has 0 saturated carbocycles. The van der Waals surface area contributed by atoms with Gasteiger partial charge in [-0.05, 0) is 41.3 Å². The molecule has 4 nitrogen and oxygen atoms in total. The summed E-state index contributed by atoms with van der Waals surface area (Å²) in [6, 6.07) is 14.0. The second kappa shape index (κ2) is 7.98. The second-order valence-corrected chi connectivity index (χ2v) is 6.86. The normalized spacial score (nSPS) is 10.6. The van der Waals surface area contributed by atoms with E-state index in [1.807, 2.05) is 47.5 Å². The molecule has 2 heterocycles. The maximum Gasteiger partial charge on any atom is 0.318 e. The predicted octanol–water partition coefficient (Wildman–Crippen LogP) is 4.14. The first-order valence-corrected chi connectivity index (χ1v) is 8.89. The number of urea groups is 1. The van der Waals surface area contributed by atoms with Gasteiger partial charge in [0.1, 0.15) is 5.82 Å². The molecule has 0 fully saturated rings. The van der Waals surface area contributed by atoms with Crippen molar-refractivity contribution in [1.82, 2.24) is 14.8 Å². The average molecular weight is 357 g/mol. The number of carbonyl (C=O) groups is 1. The highest BCUT2D eigenvalue weighted by Gasteiger charge is 2.16. The second-order valence-electron chi connectivity index (χ2n) is 5.83. The van der Waals surface area contributed by atoms with Crippen molar-refractivity contribution >= 4 is 17.4 Å². The number of rotatable bonds is 6. The largest absolute Gasteiger partial charge is 0.353 e. The van der Waals surface area contributed by atoms with Gasteiger partial charge in [-0.25, -0.2) is 9.18 Å². The number of amides is 2. The molecule has 3 rings (SSSR count). The van der Waals surface area contributed by atoms with Crippen LogP contribution in [-0.2, 0) is 26.7 Å². The van der Waals surface area contributed by atoms with E-state index in [0.29, 0.717) is 19.6 Å². The number of aromatic nitrogens is 1. The van der Waals surface area contributed by atoms with Gasteiger partial charge in [0.2, 0.25) is 0 Å². The lowest BCUT2D eigenvalue weighted by Gasteiger charge is -2.23. The Kier molecular flexibility index (Phi) is 5.50. The molecule has 0 radical (unpaired) electrons. The molecule has 0 bridgehead atoms. The lowest BCUT2D eigenvalue weighted by molar-refractivity contribution is 0.191. The van der Waals surface area contributed by atoms with Crippen molar-refractivity contribution in [3.8, 4) is 0 Å². The Balaban J connectivity index is 1.67. The topological polar surface area (TPSA) is 37.3 Å². The molecule has 1 aromatic carbocycles. The molecule has 3 aromatic rings. The van der Waals surface area contributed by atoms with Crippen LogP contribution >= 0.6 is 11.3 Å². The van der Waals surface area contributed by atoms with E-state index in [1.165, 1.54) is 12.1 Å². The number of carbonyl (C=O) groups excluding carboxylic acids is 1. The Morgan fingerprint density at radius 1 is 1.16 bits per heavy atom. The van der Waals surface area contributed by atoms with E-state index in [4.69, 9.17) is 0 Å². The number of hydrogen-bond acceptors (Lipinski definition) is 2. The summed E-state index contributed by atoms with van der Waals surface area (Å²) < 4.78 is 15.0. The summed E-state index contributed by atoms with van der Waals surface area (Å²) in [4.78, 5) is 15.6. The maximum atomic E-state index is 13.0.